The van der Waals surface area contributed by atoms with Crippen LogP contribution in [0, 0.1) is 0 Å². The third-order valence-corrected chi connectivity index (χ3v) is 5.68. The first kappa shape index (κ1) is 20.7. The maximum absolute atomic E-state index is 6.21. The number of aliphatic imine (C=N–C) groups is 1. The average molecular weight is 411 g/mol. The second-order valence-electron chi connectivity index (χ2n) is 7.92. The highest BCUT2D eigenvalue weighted by atomic mass is 15.1. The molecule has 31 heavy (non-hydrogen) atoms. The van der Waals surface area contributed by atoms with Gasteiger partial charge in [0.1, 0.15) is 0 Å². The van der Waals surface area contributed by atoms with E-state index < -0.39 is 0 Å². The molecule has 3 N–H and O–H groups in total. The Morgan fingerprint density at radius 2 is 1.68 bits per heavy atom. The van der Waals surface area contributed by atoms with Crippen LogP contribution >= 0.6 is 0 Å². The normalized spacial score (nSPS) is 16.1. The van der Waals surface area contributed by atoms with Gasteiger partial charge in [-0.3, -0.25) is 4.99 Å². The third-order valence-electron chi connectivity index (χ3n) is 5.68. The van der Waals surface area contributed by atoms with Crippen LogP contribution in [0.5, 0.6) is 0 Å². The van der Waals surface area contributed by atoms with Gasteiger partial charge in [0.15, 0.2) is 0 Å². The van der Waals surface area contributed by atoms with Crippen molar-refractivity contribution in [3.63, 3.8) is 0 Å². The first-order valence-corrected chi connectivity index (χ1v) is 10.9. The standard InChI is InChI=1S/C27H30N4/c1-29-25(12-7-21-8-13-26(14-9-21)31-17-3-2-4-18-31)20-24(28)11-6-22-5-10-23-15-16-30-27(23)19-22/h5-16,19-20,30H,2-4,17-18,28H2,1H3/b11-6+,12-7+,24-20+,29-25?. The Morgan fingerprint density at radius 1 is 0.935 bits per heavy atom. The number of nitrogens with zero attached hydrogens (tertiary/aromatic N) is 2. The molecular formula is C27H30N4. The summed E-state index contributed by atoms with van der Waals surface area (Å²) in [5.41, 5.74) is 12.4. The molecule has 4 heteroatoms. The molecular weight excluding hydrogens is 380 g/mol. The van der Waals surface area contributed by atoms with Crippen LogP contribution in [0.4, 0.5) is 5.69 Å². The van der Waals surface area contributed by atoms with Gasteiger partial charge in [0, 0.05) is 43.2 Å². The second-order valence-corrected chi connectivity index (χ2v) is 7.92. The van der Waals surface area contributed by atoms with Crippen LogP contribution in [0.2, 0.25) is 0 Å². The van der Waals surface area contributed by atoms with Crippen LogP contribution < -0.4 is 10.6 Å². The Balaban J connectivity index is 1.39. The Labute approximate surface area is 184 Å². The molecule has 1 saturated heterocycles. The van der Waals surface area contributed by atoms with E-state index in [-0.39, 0.29) is 0 Å². The van der Waals surface area contributed by atoms with Gasteiger partial charge in [-0.1, -0.05) is 36.4 Å². The zero-order valence-corrected chi connectivity index (χ0v) is 18.1. The number of anilines is 1. The van der Waals surface area contributed by atoms with Crippen LogP contribution in [0.25, 0.3) is 23.1 Å². The molecule has 0 spiro atoms. The van der Waals surface area contributed by atoms with Gasteiger partial charge in [-0.25, -0.2) is 0 Å². The van der Waals surface area contributed by atoms with Gasteiger partial charge in [0.05, 0.1) is 5.71 Å². The maximum atomic E-state index is 6.21. The molecule has 0 radical (unpaired) electrons. The smallest absolute Gasteiger partial charge is 0.0591 e. The molecule has 4 nitrogen and oxygen atoms in total. The van der Waals surface area contributed by atoms with Crippen molar-refractivity contribution in [2.45, 2.75) is 19.3 Å². The van der Waals surface area contributed by atoms with E-state index in [1.807, 2.05) is 30.5 Å². The van der Waals surface area contributed by atoms with E-state index in [4.69, 9.17) is 5.73 Å². The molecule has 1 aromatic heterocycles. The lowest BCUT2D eigenvalue weighted by atomic mass is 10.1. The highest BCUT2D eigenvalue weighted by Crippen LogP contribution is 2.20. The summed E-state index contributed by atoms with van der Waals surface area (Å²) in [5, 5.41) is 1.20. The summed E-state index contributed by atoms with van der Waals surface area (Å²) in [6, 6.07) is 17.1. The van der Waals surface area contributed by atoms with E-state index in [2.05, 4.69) is 69.5 Å². The van der Waals surface area contributed by atoms with Gasteiger partial charge in [-0.15, -0.1) is 0 Å². The number of piperidine rings is 1. The second kappa shape index (κ2) is 9.98. The largest absolute Gasteiger partial charge is 0.399 e. The van der Waals surface area contributed by atoms with Gasteiger partial charge >= 0.3 is 0 Å². The summed E-state index contributed by atoms with van der Waals surface area (Å²) in [7, 11) is 1.78. The predicted octanol–water partition coefficient (Wildman–Crippen LogP) is 5.80. The minimum absolute atomic E-state index is 0.664. The molecule has 0 amide bonds. The van der Waals surface area contributed by atoms with Crippen molar-refractivity contribution in [3.8, 4) is 0 Å². The van der Waals surface area contributed by atoms with Crippen molar-refractivity contribution >= 4 is 34.5 Å². The molecule has 0 unspecified atom stereocenters. The molecule has 2 aromatic carbocycles. The summed E-state index contributed by atoms with van der Waals surface area (Å²) in [6.45, 7) is 2.33. The first-order valence-electron chi connectivity index (χ1n) is 10.9. The number of hydrogen-bond acceptors (Lipinski definition) is 3. The highest BCUT2D eigenvalue weighted by molar-refractivity contribution is 6.07. The molecule has 0 bridgehead atoms. The molecule has 3 aromatic rings. The third kappa shape index (κ3) is 5.54. The van der Waals surface area contributed by atoms with Crippen molar-refractivity contribution in [1.29, 1.82) is 0 Å². The number of H-pyrrole nitrogens is 1. The molecule has 1 fully saturated rings. The van der Waals surface area contributed by atoms with E-state index in [0.29, 0.717) is 5.70 Å². The van der Waals surface area contributed by atoms with Crippen molar-refractivity contribution < 1.29 is 0 Å². The Hall–Kier alpha value is -3.53. The zero-order valence-electron chi connectivity index (χ0n) is 18.1. The Kier molecular flexibility index (Phi) is 6.68. The Bertz CT molecular complexity index is 1120. The van der Waals surface area contributed by atoms with Gasteiger partial charge in [-0.2, -0.15) is 0 Å². The fourth-order valence-corrected chi connectivity index (χ4v) is 3.90. The van der Waals surface area contributed by atoms with Gasteiger partial charge in [0.25, 0.3) is 0 Å². The highest BCUT2D eigenvalue weighted by Gasteiger charge is 2.10. The number of nitrogens with one attached hydrogen (secondary N) is 1. The number of nitrogens with two attached hydrogens (primary N) is 1. The van der Waals surface area contributed by atoms with Crippen LogP contribution in [0.15, 0.2) is 83.6 Å². The van der Waals surface area contributed by atoms with E-state index in [0.717, 1.165) is 35.4 Å². The van der Waals surface area contributed by atoms with Crippen LogP contribution in [0.3, 0.4) is 0 Å². The van der Waals surface area contributed by atoms with Gasteiger partial charge in [0.2, 0.25) is 0 Å². The minimum Gasteiger partial charge on any atom is -0.399 e. The summed E-state index contributed by atoms with van der Waals surface area (Å²) in [6.07, 6.45) is 15.8. The Morgan fingerprint density at radius 3 is 2.45 bits per heavy atom. The summed E-state index contributed by atoms with van der Waals surface area (Å²) in [5.74, 6) is 0. The predicted molar refractivity (Wildman–Crippen MR) is 135 cm³/mol. The number of rotatable bonds is 6. The molecule has 1 aliphatic heterocycles. The monoisotopic (exact) mass is 410 g/mol. The number of benzene rings is 2. The van der Waals surface area contributed by atoms with Crippen molar-refractivity contribution in [2.75, 3.05) is 25.0 Å². The molecule has 158 valence electrons. The number of aromatic nitrogens is 1. The lowest BCUT2D eigenvalue weighted by Gasteiger charge is -2.28. The minimum atomic E-state index is 0.664. The fourth-order valence-electron chi connectivity index (χ4n) is 3.90. The quantitative estimate of drug-likeness (QED) is 0.399. The van der Waals surface area contributed by atoms with Crippen LogP contribution in [0.1, 0.15) is 30.4 Å². The molecule has 0 atom stereocenters. The molecule has 0 aliphatic carbocycles. The summed E-state index contributed by atoms with van der Waals surface area (Å²) >= 11 is 0. The number of hydrogen-bond donors (Lipinski definition) is 2. The van der Waals surface area contributed by atoms with Crippen molar-refractivity contribution in [2.24, 2.45) is 10.7 Å². The summed E-state index contributed by atoms with van der Waals surface area (Å²) < 4.78 is 0. The summed E-state index contributed by atoms with van der Waals surface area (Å²) in [4.78, 5) is 10.1. The lowest BCUT2D eigenvalue weighted by molar-refractivity contribution is 0.578. The van der Waals surface area contributed by atoms with Crippen molar-refractivity contribution in [1.82, 2.24) is 4.98 Å². The molecule has 0 saturated carbocycles. The maximum Gasteiger partial charge on any atom is 0.0591 e. The average Bonchev–Trinajstić information content (AvgIpc) is 3.29. The topological polar surface area (TPSA) is 57.4 Å². The molecule has 1 aliphatic rings. The SMILES string of the molecule is CN=C(/C=C/c1ccc(N2CCCCC2)cc1)/C=C(N)\C=C\c1ccc2cc[nH]c2c1. The van der Waals surface area contributed by atoms with Crippen LogP contribution in [-0.4, -0.2) is 30.8 Å². The van der Waals surface area contributed by atoms with E-state index in [1.54, 1.807) is 7.05 Å². The van der Waals surface area contributed by atoms with Crippen molar-refractivity contribution in [3.05, 3.63) is 89.8 Å². The first-order chi connectivity index (χ1) is 15.2. The number of aromatic amines is 1. The van der Waals surface area contributed by atoms with Gasteiger partial charge in [-0.05, 0) is 78.3 Å². The lowest BCUT2D eigenvalue weighted by Crippen LogP contribution is -2.29. The van der Waals surface area contributed by atoms with Crippen LogP contribution in [-0.2, 0) is 0 Å². The number of allylic oxidation sites excluding steroid dienone is 3. The number of fused-ring (bicyclic) bond motifs is 1. The van der Waals surface area contributed by atoms with E-state index >= 15 is 0 Å². The molecule has 2 heterocycles. The molecule has 4 rings (SSSR count). The van der Waals surface area contributed by atoms with Gasteiger partial charge < -0.3 is 15.6 Å². The van der Waals surface area contributed by atoms with E-state index in [1.165, 1.54) is 30.3 Å². The fraction of sp³-hybridized carbons (Fsp3) is 0.222. The zero-order chi connectivity index (χ0) is 21.5. The van der Waals surface area contributed by atoms with E-state index in [9.17, 15) is 0 Å².